The second-order valence-corrected chi connectivity index (χ2v) is 9.92. The third-order valence-corrected chi connectivity index (χ3v) is 7.33. The molecule has 1 aromatic heterocycles. The monoisotopic (exact) mass is 566 g/mol. The number of pyridine rings is 1. The van der Waals surface area contributed by atoms with Crippen molar-refractivity contribution in [2.75, 3.05) is 35.0 Å². The van der Waals surface area contributed by atoms with E-state index in [0.717, 1.165) is 16.3 Å². The Kier molecular flexibility index (Phi) is 8.74. The summed E-state index contributed by atoms with van der Waals surface area (Å²) in [5.41, 5.74) is 3.39. The third-order valence-electron chi connectivity index (χ3n) is 7.33. The van der Waals surface area contributed by atoms with Crippen molar-refractivity contribution in [1.82, 2.24) is 10.3 Å². The lowest BCUT2D eigenvalue weighted by Gasteiger charge is -2.20. The van der Waals surface area contributed by atoms with Crippen molar-refractivity contribution >= 4 is 27.6 Å². The fourth-order valence-electron chi connectivity index (χ4n) is 5.19. The smallest absolute Gasteiger partial charge is 0.252 e. The molecule has 1 heterocycles. The summed E-state index contributed by atoms with van der Waals surface area (Å²) < 4.78 is 22.0. The zero-order valence-electron chi connectivity index (χ0n) is 24.1. The number of hydrogen-bond donors (Lipinski definition) is 2. The summed E-state index contributed by atoms with van der Waals surface area (Å²) in [7, 11) is 6.23. The molecular weight excluding hydrogens is 532 g/mol. The van der Waals surface area contributed by atoms with Gasteiger partial charge in [-0.05, 0) is 65.6 Å². The molecule has 0 bridgehead atoms. The van der Waals surface area contributed by atoms with E-state index in [0.29, 0.717) is 63.6 Å². The van der Waals surface area contributed by atoms with Crippen LogP contribution in [-0.4, -0.2) is 57.1 Å². The van der Waals surface area contributed by atoms with Crippen molar-refractivity contribution in [2.24, 2.45) is 0 Å². The number of aliphatic hydroxyl groups is 1. The number of amides is 1. The number of methoxy groups -OCH3 is 4. The van der Waals surface area contributed by atoms with E-state index < -0.39 is 0 Å². The Morgan fingerprint density at radius 1 is 0.833 bits per heavy atom. The topological polar surface area (TPSA) is 99.1 Å². The molecule has 0 aliphatic rings. The van der Waals surface area contributed by atoms with Crippen LogP contribution in [-0.2, 0) is 6.42 Å². The van der Waals surface area contributed by atoms with E-state index in [9.17, 15) is 9.90 Å². The molecule has 4 aromatic carbocycles. The van der Waals surface area contributed by atoms with Gasteiger partial charge in [0.05, 0.1) is 45.2 Å². The second-order valence-electron chi connectivity index (χ2n) is 9.92. The summed E-state index contributed by atoms with van der Waals surface area (Å²) in [5.74, 6) is 1.76. The number of aromatic nitrogens is 1. The third kappa shape index (κ3) is 5.94. The average Bonchev–Trinajstić information content (AvgIpc) is 3.03. The highest BCUT2D eigenvalue weighted by Gasteiger charge is 2.21. The van der Waals surface area contributed by atoms with Crippen LogP contribution in [0.15, 0.2) is 78.9 Å². The maximum Gasteiger partial charge on any atom is 0.252 e. The van der Waals surface area contributed by atoms with Crippen molar-refractivity contribution in [3.05, 3.63) is 90.0 Å². The molecule has 1 atom stereocenters. The molecule has 5 aromatic rings. The van der Waals surface area contributed by atoms with Gasteiger partial charge in [-0.1, -0.05) is 42.5 Å². The normalized spacial score (nSPS) is 11.7. The summed E-state index contributed by atoms with van der Waals surface area (Å²) in [4.78, 5) is 18.8. The highest BCUT2D eigenvalue weighted by Crippen LogP contribution is 2.41. The maximum absolute atomic E-state index is 13.9. The zero-order chi connectivity index (χ0) is 29.6. The van der Waals surface area contributed by atoms with Gasteiger partial charge in [0.15, 0.2) is 11.5 Å². The second kappa shape index (κ2) is 12.8. The highest BCUT2D eigenvalue weighted by molar-refractivity contribution is 6.07. The van der Waals surface area contributed by atoms with E-state index in [1.54, 1.807) is 52.7 Å². The molecule has 1 amide bonds. The average molecular weight is 567 g/mol. The molecule has 0 saturated carbocycles. The minimum Gasteiger partial charge on any atom is -0.497 e. The van der Waals surface area contributed by atoms with Crippen LogP contribution in [0.25, 0.3) is 32.9 Å². The number of hydrogen-bond acceptors (Lipinski definition) is 7. The van der Waals surface area contributed by atoms with Gasteiger partial charge in [0.2, 0.25) is 5.75 Å². The van der Waals surface area contributed by atoms with Crippen LogP contribution < -0.4 is 24.3 Å². The Morgan fingerprint density at radius 2 is 1.57 bits per heavy atom. The summed E-state index contributed by atoms with van der Waals surface area (Å²) in [6, 6.07) is 24.9. The molecule has 5 rings (SSSR count). The van der Waals surface area contributed by atoms with Gasteiger partial charge in [0.25, 0.3) is 5.91 Å². The Balaban J connectivity index is 1.54. The van der Waals surface area contributed by atoms with Crippen LogP contribution >= 0.6 is 0 Å². The number of fused-ring (bicyclic) bond motifs is 2. The van der Waals surface area contributed by atoms with Crippen molar-refractivity contribution in [3.63, 3.8) is 0 Å². The first kappa shape index (κ1) is 28.7. The SMILES string of the molecule is COc1ccc2nc(-c3cc(OC)c(OC)c(OC)c3)cc(C(=O)N[C@@H](CCO)Cc3ccc4ccccc4c3)c2c1. The van der Waals surface area contributed by atoms with E-state index in [1.165, 1.54) is 0 Å². The van der Waals surface area contributed by atoms with Gasteiger partial charge in [-0.15, -0.1) is 0 Å². The molecule has 2 N–H and O–H groups in total. The van der Waals surface area contributed by atoms with Gasteiger partial charge in [-0.2, -0.15) is 0 Å². The van der Waals surface area contributed by atoms with E-state index >= 15 is 0 Å². The van der Waals surface area contributed by atoms with Crippen molar-refractivity contribution in [3.8, 4) is 34.3 Å². The van der Waals surface area contributed by atoms with E-state index in [4.69, 9.17) is 23.9 Å². The number of nitrogens with zero attached hydrogens (tertiary/aromatic N) is 1. The fraction of sp³-hybridized carbons (Fsp3) is 0.235. The van der Waals surface area contributed by atoms with Crippen LogP contribution in [0.5, 0.6) is 23.0 Å². The van der Waals surface area contributed by atoms with Gasteiger partial charge < -0.3 is 29.4 Å². The number of ether oxygens (including phenoxy) is 4. The number of aliphatic hydroxyl groups excluding tert-OH is 1. The molecule has 0 unspecified atom stereocenters. The molecule has 0 fully saturated rings. The number of carbonyl (C=O) groups excluding carboxylic acids is 1. The van der Waals surface area contributed by atoms with Crippen LogP contribution in [0.1, 0.15) is 22.3 Å². The molecule has 8 heteroatoms. The van der Waals surface area contributed by atoms with E-state index in [1.807, 2.05) is 24.3 Å². The summed E-state index contributed by atoms with van der Waals surface area (Å²) in [5, 5.41) is 15.9. The maximum atomic E-state index is 13.9. The molecule has 42 heavy (non-hydrogen) atoms. The van der Waals surface area contributed by atoms with Crippen LogP contribution in [0.2, 0.25) is 0 Å². The first-order valence-electron chi connectivity index (χ1n) is 13.7. The van der Waals surface area contributed by atoms with Gasteiger partial charge in [-0.25, -0.2) is 4.98 Å². The van der Waals surface area contributed by atoms with Crippen LogP contribution in [0.3, 0.4) is 0 Å². The fourth-order valence-corrected chi connectivity index (χ4v) is 5.19. The molecule has 8 nitrogen and oxygen atoms in total. The minimum absolute atomic E-state index is 0.0554. The molecule has 0 spiro atoms. The lowest BCUT2D eigenvalue weighted by molar-refractivity contribution is 0.0932. The minimum atomic E-state index is -0.290. The van der Waals surface area contributed by atoms with Crippen molar-refractivity contribution in [1.29, 1.82) is 0 Å². The quantitative estimate of drug-likeness (QED) is 0.208. The summed E-state index contributed by atoms with van der Waals surface area (Å²) in [6.45, 7) is -0.0554. The Bertz CT molecular complexity index is 1710. The molecule has 0 saturated heterocycles. The van der Waals surface area contributed by atoms with Crippen LogP contribution in [0.4, 0.5) is 0 Å². The standard InChI is InChI=1S/C34H34N2O6/c1-39-26-11-12-29-27(19-26)28(20-30(36-29)24-17-31(40-2)33(42-4)32(18-24)41-3)34(38)35-25(13-14-37)16-21-9-10-22-7-5-6-8-23(22)15-21/h5-12,15,17-20,25,37H,13-14,16H2,1-4H3,(H,35,38)/t25-/m0/s1. The van der Waals surface area contributed by atoms with Crippen LogP contribution in [0, 0.1) is 0 Å². The van der Waals surface area contributed by atoms with E-state index in [-0.39, 0.29) is 18.6 Å². The van der Waals surface area contributed by atoms with Gasteiger partial charge in [0, 0.05) is 23.6 Å². The summed E-state index contributed by atoms with van der Waals surface area (Å²) in [6.07, 6.45) is 0.980. The highest BCUT2D eigenvalue weighted by atomic mass is 16.5. The largest absolute Gasteiger partial charge is 0.497 e. The molecule has 0 aliphatic carbocycles. The van der Waals surface area contributed by atoms with Gasteiger partial charge >= 0.3 is 0 Å². The number of carbonyl (C=O) groups is 1. The molecule has 0 aliphatic heterocycles. The zero-order valence-corrected chi connectivity index (χ0v) is 24.1. The molecule has 216 valence electrons. The Hall–Kier alpha value is -4.82. The van der Waals surface area contributed by atoms with Gasteiger partial charge in [0.1, 0.15) is 5.75 Å². The van der Waals surface area contributed by atoms with Crippen molar-refractivity contribution in [2.45, 2.75) is 18.9 Å². The summed E-state index contributed by atoms with van der Waals surface area (Å²) >= 11 is 0. The first-order valence-corrected chi connectivity index (χ1v) is 13.7. The lowest BCUT2D eigenvalue weighted by atomic mass is 9.99. The first-order chi connectivity index (χ1) is 20.5. The predicted octanol–water partition coefficient (Wildman–Crippen LogP) is 5.81. The number of benzene rings is 4. The van der Waals surface area contributed by atoms with Crippen molar-refractivity contribution < 1.29 is 28.8 Å². The Labute approximate surface area is 244 Å². The molecule has 0 radical (unpaired) electrons. The lowest BCUT2D eigenvalue weighted by Crippen LogP contribution is -2.37. The number of rotatable bonds is 11. The Morgan fingerprint density at radius 3 is 2.24 bits per heavy atom. The number of nitrogens with one attached hydrogen (secondary N) is 1. The predicted molar refractivity (Wildman–Crippen MR) is 164 cm³/mol. The molecular formula is C34H34N2O6. The van der Waals surface area contributed by atoms with E-state index in [2.05, 4.69) is 35.6 Å². The van der Waals surface area contributed by atoms with Gasteiger partial charge in [-0.3, -0.25) is 4.79 Å².